The number of nitrogens with zero attached hydrogens (tertiary/aromatic N) is 3. The minimum absolute atomic E-state index is 0.0164. The van der Waals surface area contributed by atoms with Crippen molar-refractivity contribution in [2.24, 2.45) is 5.92 Å². The summed E-state index contributed by atoms with van der Waals surface area (Å²) in [5.74, 6) is 1.02. The predicted molar refractivity (Wildman–Crippen MR) is 121 cm³/mol. The first-order chi connectivity index (χ1) is 14.8. The summed E-state index contributed by atoms with van der Waals surface area (Å²) in [5, 5.41) is 5.76. The first-order valence-corrected chi connectivity index (χ1v) is 11.4. The van der Waals surface area contributed by atoms with Gasteiger partial charge in [-0.25, -0.2) is 9.80 Å². The number of hydrogen-bond acceptors (Lipinski definition) is 6. The third-order valence-corrected chi connectivity index (χ3v) is 6.45. The monoisotopic (exact) mass is 429 g/mol. The van der Waals surface area contributed by atoms with Crippen LogP contribution in [0.3, 0.4) is 0 Å². The Morgan fingerprint density at radius 3 is 2.68 bits per heavy atom. The number of nitrogens with one attached hydrogen (secondary N) is 2. The van der Waals surface area contributed by atoms with Gasteiger partial charge in [-0.1, -0.05) is 6.07 Å². The summed E-state index contributed by atoms with van der Waals surface area (Å²) in [6.45, 7) is 12.7. The van der Waals surface area contributed by atoms with Crippen molar-refractivity contribution < 1.29 is 14.3 Å². The molecule has 2 fully saturated rings. The van der Waals surface area contributed by atoms with E-state index >= 15 is 0 Å². The van der Waals surface area contributed by atoms with Crippen molar-refractivity contribution in [3.05, 3.63) is 23.8 Å². The van der Waals surface area contributed by atoms with Crippen molar-refractivity contribution in [3.8, 4) is 0 Å². The van der Waals surface area contributed by atoms with Gasteiger partial charge < -0.3 is 15.0 Å². The highest BCUT2D eigenvalue weighted by Gasteiger charge is 2.36. The second-order valence-electron chi connectivity index (χ2n) is 9.35. The molecule has 0 radical (unpaired) electrons. The van der Waals surface area contributed by atoms with Crippen LogP contribution in [0.5, 0.6) is 0 Å². The van der Waals surface area contributed by atoms with E-state index in [4.69, 9.17) is 4.74 Å². The largest absolute Gasteiger partial charge is 0.446 e. The average Bonchev–Trinajstić information content (AvgIpc) is 3.38. The smallest absolute Gasteiger partial charge is 0.414 e. The zero-order chi connectivity index (χ0) is 22.1. The lowest BCUT2D eigenvalue weighted by molar-refractivity contribution is -0.117. The van der Waals surface area contributed by atoms with Crippen LogP contribution in [0.15, 0.2) is 18.2 Å². The van der Waals surface area contributed by atoms with E-state index in [2.05, 4.69) is 27.9 Å². The summed E-state index contributed by atoms with van der Waals surface area (Å²) >= 11 is 0. The second kappa shape index (κ2) is 9.14. The number of anilines is 2. The lowest BCUT2D eigenvalue weighted by atomic mass is 9.96. The number of carbonyl (C=O) groups excluding carboxylic acids is 2. The van der Waals surface area contributed by atoms with Crippen LogP contribution >= 0.6 is 0 Å². The van der Waals surface area contributed by atoms with Crippen LogP contribution in [0, 0.1) is 5.92 Å². The lowest BCUT2D eigenvalue weighted by Crippen LogP contribution is -2.51. The van der Waals surface area contributed by atoms with Crippen LogP contribution in [0.25, 0.3) is 0 Å². The van der Waals surface area contributed by atoms with Crippen molar-refractivity contribution in [3.63, 3.8) is 0 Å². The molecule has 1 unspecified atom stereocenters. The molecular formula is C23H35N5O3. The number of hydrazine groups is 1. The SMILES string of the molecule is CC(=O)N1c2ccc(C3CNN(C[C@H]4CCNC4)C3)cc2N(C(=O)OC(C)C)C[C@@H]1C. The number of rotatable bonds is 4. The molecule has 170 valence electrons. The molecule has 3 aliphatic heterocycles. The van der Waals surface area contributed by atoms with Crippen molar-refractivity contribution in [1.29, 1.82) is 0 Å². The number of hydrogen-bond donors (Lipinski definition) is 2. The zero-order valence-corrected chi connectivity index (χ0v) is 19.1. The van der Waals surface area contributed by atoms with Crippen LogP contribution in [0.1, 0.15) is 45.6 Å². The van der Waals surface area contributed by atoms with Crippen molar-refractivity contribution >= 4 is 23.4 Å². The predicted octanol–water partition coefficient (Wildman–Crippen LogP) is 2.31. The summed E-state index contributed by atoms with van der Waals surface area (Å²) < 4.78 is 5.50. The highest BCUT2D eigenvalue weighted by atomic mass is 16.6. The molecule has 0 spiro atoms. The maximum Gasteiger partial charge on any atom is 0.414 e. The molecule has 2 amide bonds. The van der Waals surface area contributed by atoms with Crippen molar-refractivity contribution in [2.75, 3.05) is 49.1 Å². The van der Waals surface area contributed by atoms with E-state index in [0.29, 0.717) is 18.4 Å². The summed E-state index contributed by atoms with van der Waals surface area (Å²) in [6, 6.07) is 6.05. The summed E-state index contributed by atoms with van der Waals surface area (Å²) in [5.41, 5.74) is 6.25. The van der Waals surface area contributed by atoms with Crippen LogP contribution in [0.2, 0.25) is 0 Å². The van der Waals surface area contributed by atoms with E-state index in [1.165, 1.54) is 12.0 Å². The van der Waals surface area contributed by atoms with Crippen LogP contribution in [-0.2, 0) is 9.53 Å². The molecule has 1 aromatic rings. The average molecular weight is 430 g/mol. The van der Waals surface area contributed by atoms with Crippen LogP contribution in [0.4, 0.5) is 16.2 Å². The van der Waals surface area contributed by atoms with Gasteiger partial charge in [-0.2, -0.15) is 0 Å². The Hall–Kier alpha value is -2.16. The number of ether oxygens (including phenoxy) is 1. The molecule has 8 nitrogen and oxygen atoms in total. The summed E-state index contributed by atoms with van der Waals surface area (Å²) in [7, 11) is 0. The van der Waals surface area contributed by atoms with Gasteiger partial charge in [-0.3, -0.25) is 15.1 Å². The Kier molecular flexibility index (Phi) is 6.50. The van der Waals surface area contributed by atoms with Crippen molar-refractivity contribution in [1.82, 2.24) is 15.8 Å². The number of fused-ring (bicyclic) bond motifs is 1. The molecule has 2 saturated heterocycles. The van der Waals surface area contributed by atoms with Gasteiger partial charge in [-0.05, 0) is 63.9 Å². The van der Waals surface area contributed by atoms with Gasteiger partial charge in [0.15, 0.2) is 0 Å². The quantitative estimate of drug-likeness (QED) is 0.765. The second-order valence-corrected chi connectivity index (χ2v) is 9.35. The fraction of sp³-hybridized carbons (Fsp3) is 0.652. The maximum atomic E-state index is 12.8. The highest BCUT2D eigenvalue weighted by Crippen LogP contribution is 2.39. The van der Waals surface area contributed by atoms with Crippen LogP contribution in [-0.4, -0.2) is 68.4 Å². The summed E-state index contributed by atoms with van der Waals surface area (Å²) in [4.78, 5) is 28.7. The minimum atomic E-state index is -0.358. The van der Waals surface area contributed by atoms with Gasteiger partial charge in [-0.15, -0.1) is 0 Å². The first kappa shape index (κ1) is 22.0. The molecule has 3 atom stereocenters. The van der Waals surface area contributed by atoms with Gasteiger partial charge in [0.2, 0.25) is 5.91 Å². The van der Waals surface area contributed by atoms with E-state index in [9.17, 15) is 9.59 Å². The first-order valence-electron chi connectivity index (χ1n) is 11.4. The third kappa shape index (κ3) is 4.71. The Balaban J connectivity index is 1.57. The van der Waals surface area contributed by atoms with Gasteiger partial charge in [0.25, 0.3) is 0 Å². The molecule has 3 aliphatic rings. The lowest BCUT2D eigenvalue weighted by Gasteiger charge is -2.40. The number of benzene rings is 1. The van der Waals surface area contributed by atoms with Gasteiger partial charge in [0.1, 0.15) is 0 Å². The molecule has 3 heterocycles. The standard InChI is InChI=1S/C23H35N5O3/c1-15(2)31-23(30)27-12-16(3)28(17(4)29)21-6-5-19(9-22(21)27)20-11-25-26(14-20)13-18-7-8-24-10-18/h5-6,9,15-16,18,20,24-25H,7-8,10-14H2,1-4H3/t16-,18-,20?/m0/s1. The van der Waals surface area contributed by atoms with E-state index in [-0.39, 0.29) is 24.1 Å². The molecule has 0 aromatic heterocycles. The van der Waals surface area contributed by atoms with E-state index < -0.39 is 0 Å². The maximum absolute atomic E-state index is 12.8. The Bertz CT molecular complexity index is 823. The van der Waals surface area contributed by atoms with Crippen molar-refractivity contribution in [2.45, 2.75) is 52.2 Å². The normalized spacial score (nSPS) is 26.4. The fourth-order valence-corrected chi connectivity index (χ4v) is 4.99. The topological polar surface area (TPSA) is 77.2 Å². The zero-order valence-electron chi connectivity index (χ0n) is 19.1. The molecule has 2 N–H and O–H groups in total. The van der Waals surface area contributed by atoms with E-state index in [1.54, 1.807) is 16.7 Å². The molecule has 8 heteroatoms. The van der Waals surface area contributed by atoms with Gasteiger partial charge in [0, 0.05) is 39.0 Å². The third-order valence-electron chi connectivity index (χ3n) is 6.45. The molecule has 0 aliphatic carbocycles. The molecule has 1 aromatic carbocycles. The molecular weight excluding hydrogens is 394 g/mol. The summed E-state index contributed by atoms with van der Waals surface area (Å²) in [6.07, 6.45) is 0.675. The number of carbonyl (C=O) groups is 2. The highest BCUT2D eigenvalue weighted by molar-refractivity contribution is 6.02. The number of amides is 2. The Labute approximate surface area is 184 Å². The van der Waals surface area contributed by atoms with E-state index in [0.717, 1.165) is 44.1 Å². The molecule has 4 rings (SSSR count). The Morgan fingerprint density at radius 2 is 2.00 bits per heavy atom. The van der Waals surface area contributed by atoms with Crippen LogP contribution < -0.4 is 20.5 Å². The Morgan fingerprint density at radius 1 is 1.19 bits per heavy atom. The minimum Gasteiger partial charge on any atom is -0.446 e. The molecule has 0 bridgehead atoms. The van der Waals surface area contributed by atoms with Gasteiger partial charge >= 0.3 is 6.09 Å². The molecule has 31 heavy (non-hydrogen) atoms. The van der Waals surface area contributed by atoms with Gasteiger partial charge in [0.05, 0.1) is 23.5 Å². The van der Waals surface area contributed by atoms with E-state index in [1.807, 2.05) is 26.8 Å². The molecule has 0 saturated carbocycles. The fourth-order valence-electron chi connectivity index (χ4n) is 4.99.